The summed E-state index contributed by atoms with van der Waals surface area (Å²) in [6.45, 7) is 3.82. The van der Waals surface area contributed by atoms with Crippen LogP contribution < -0.4 is 4.74 Å². The summed E-state index contributed by atoms with van der Waals surface area (Å²) in [5.74, 6) is 0.779. The van der Waals surface area contributed by atoms with E-state index in [4.69, 9.17) is 27.9 Å². The van der Waals surface area contributed by atoms with Gasteiger partial charge in [0.15, 0.2) is 9.84 Å². The lowest BCUT2D eigenvalue weighted by molar-refractivity contribution is 0.296. The highest BCUT2D eigenvalue weighted by molar-refractivity contribution is 7.91. The van der Waals surface area contributed by atoms with E-state index < -0.39 is 9.84 Å². The summed E-state index contributed by atoms with van der Waals surface area (Å²) < 4.78 is 30.3. The van der Waals surface area contributed by atoms with Gasteiger partial charge in [0.05, 0.1) is 22.8 Å². The van der Waals surface area contributed by atoms with Crippen LogP contribution in [0.2, 0.25) is 10.0 Å². The molecule has 2 aromatic carbocycles. The van der Waals surface area contributed by atoms with Crippen LogP contribution in [0.1, 0.15) is 12.5 Å². The molecular weight excluding hydrogens is 381 g/mol. The third kappa shape index (κ3) is 5.61. The largest absolute Gasteiger partial charge is 0.497 e. The molecule has 0 aliphatic heterocycles. The summed E-state index contributed by atoms with van der Waals surface area (Å²) in [6, 6.07) is 12.2. The molecule has 0 spiro atoms. The molecule has 0 bridgehead atoms. The van der Waals surface area contributed by atoms with Gasteiger partial charge in [-0.25, -0.2) is 8.42 Å². The van der Waals surface area contributed by atoms with Crippen molar-refractivity contribution < 1.29 is 13.2 Å². The predicted octanol–water partition coefficient (Wildman–Crippen LogP) is 4.30. The molecule has 0 saturated heterocycles. The highest BCUT2D eigenvalue weighted by Gasteiger charge is 2.20. The molecule has 25 heavy (non-hydrogen) atoms. The van der Waals surface area contributed by atoms with Gasteiger partial charge in [0, 0.05) is 18.1 Å². The summed E-state index contributed by atoms with van der Waals surface area (Å²) in [4.78, 5) is 2.15. The van der Waals surface area contributed by atoms with Gasteiger partial charge in [0.2, 0.25) is 0 Å². The Hall–Kier alpha value is -1.27. The normalized spacial score (nSPS) is 11.7. The van der Waals surface area contributed by atoms with E-state index in [2.05, 4.69) is 4.90 Å². The van der Waals surface area contributed by atoms with Crippen LogP contribution >= 0.6 is 23.2 Å². The zero-order valence-corrected chi connectivity index (χ0v) is 16.5. The fourth-order valence-electron chi connectivity index (χ4n) is 2.41. The molecule has 0 aliphatic carbocycles. The van der Waals surface area contributed by atoms with E-state index in [0.29, 0.717) is 18.1 Å². The van der Waals surface area contributed by atoms with Gasteiger partial charge in [0.25, 0.3) is 0 Å². The van der Waals surface area contributed by atoms with E-state index in [1.165, 1.54) is 12.1 Å². The lowest BCUT2D eigenvalue weighted by Crippen LogP contribution is -2.29. The number of benzene rings is 2. The maximum absolute atomic E-state index is 12.6. The quantitative estimate of drug-likeness (QED) is 0.661. The first kappa shape index (κ1) is 20.0. The van der Waals surface area contributed by atoms with E-state index in [-0.39, 0.29) is 15.7 Å². The van der Waals surface area contributed by atoms with Gasteiger partial charge in [-0.05, 0) is 42.4 Å². The van der Waals surface area contributed by atoms with Crippen LogP contribution in [-0.2, 0) is 16.4 Å². The zero-order valence-electron chi connectivity index (χ0n) is 14.2. The Kier molecular flexibility index (Phi) is 7.14. The van der Waals surface area contributed by atoms with Crippen molar-refractivity contribution in [2.75, 3.05) is 26.0 Å². The van der Waals surface area contributed by atoms with Gasteiger partial charge in [0.1, 0.15) is 5.75 Å². The Balaban J connectivity index is 2.04. The number of ether oxygens (including phenoxy) is 1. The first-order valence-electron chi connectivity index (χ1n) is 7.89. The van der Waals surface area contributed by atoms with Crippen molar-refractivity contribution in [3.8, 4) is 5.75 Å². The maximum Gasteiger partial charge on any atom is 0.181 e. The van der Waals surface area contributed by atoms with Crippen LogP contribution in [0.25, 0.3) is 0 Å². The van der Waals surface area contributed by atoms with Gasteiger partial charge in [-0.2, -0.15) is 0 Å². The first-order chi connectivity index (χ1) is 11.9. The van der Waals surface area contributed by atoms with Gasteiger partial charge in [-0.15, -0.1) is 0 Å². The molecule has 0 unspecified atom stereocenters. The molecule has 2 rings (SSSR count). The average molecular weight is 402 g/mol. The van der Waals surface area contributed by atoms with E-state index >= 15 is 0 Å². The number of hydrogen-bond donors (Lipinski definition) is 0. The number of halogens is 2. The average Bonchev–Trinajstić information content (AvgIpc) is 2.61. The molecule has 0 amide bonds. The van der Waals surface area contributed by atoms with Crippen molar-refractivity contribution in [3.05, 3.63) is 58.1 Å². The molecule has 0 heterocycles. The van der Waals surface area contributed by atoms with Crippen LogP contribution in [0.4, 0.5) is 0 Å². The van der Waals surface area contributed by atoms with E-state index in [1.807, 2.05) is 31.2 Å². The Morgan fingerprint density at radius 3 is 2.36 bits per heavy atom. The minimum Gasteiger partial charge on any atom is -0.497 e. The molecule has 2 aromatic rings. The van der Waals surface area contributed by atoms with Gasteiger partial charge in [-0.1, -0.05) is 42.3 Å². The lowest BCUT2D eigenvalue weighted by Gasteiger charge is -2.20. The van der Waals surface area contributed by atoms with Crippen molar-refractivity contribution in [1.82, 2.24) is 4.90 Å². The summed E-state index contributed by atoms with van der Waals surface area (Å²) in [5, 5.41) is 0.552. The van der Waals surface area contributed by atoms with E-state index in [1.54, 1.807) is 13.2 Å². The van der Waals surface area contributed by atoms with Crippen molar-refractivity contribution >= 4 is 33.0 Å². The molecule has 0 aliphatic rings. The third-order valence-electron chi connectivity index (χ3n) is 3.92. The molecule has 0 radical (unpaired) electrons. The van der Waals surface area contributed by atoms with Crippen LogP contribution in [0, 0.1) is 0 Å². The van der Waals surface area contributed by atoms with Crippen molar-refractivity contribution in [1.29, 1.82) is 0 Å². The number of methoxy groups -OCH3 is 1. The second-order valence-corrected chi connectivity index (χ2v) is 8.53. The molecule has 0 fully saturated rings. The number of hydrogen-bond acceptors (Lipinski definition) is 4. The summed E-state index contributed by atoms with van der Waals surface area (Å²) in [6.07, 6.45) is 0. The summed E-state index contributed by atoms with van der Waals surface area (Å²) >= 11 is 11.9. The second kappa shape index (κ2) is 8.90. The van der Waals surface area contributed by atoms with Crippen LogP contribution in [0.15, 0.2) is 47.4 Å². The number of sulfone groups is 1. The van der Waals surface area contributed by atoms with E-state index in [0.717, 1.165) is 17.9 Å². The fraction of sp³-hybridized carbons (Fsp3) is 0.333. The smallest absolute Gasteiger partial charge is 0.181 e. The Bertz CT molecular complexity index is 808. The van der Waals surface area contributed by atoms with Crippen molar-refractivity contribution in [3.63, 3.8) is 0 Å². The highest BCUT2D eigenvalue weighted by atomic mass is 35.5. The molecule has 0 N–H and O–H groups in total. The summed E-state index contributed by atoms with van der Waals surface area (Å²) in [7, 11) is -1.88. The topological polar surface area (TPSA) is 46.6 Å². The molecule has 0 atom stereocenters. The molecule has 136 valence electrons. The van der Waals surface area contributed by atoms with Crippen molar-refractivity contribution in [2.24, 2.45) is 0 Å². The number of rotatable bonds is 8. The minimum atomic E-state index is -3.50. The monoisotopic (exact) mass is 401 g/mol. The lowest BCUT2D eigenvalue weighted by atomic mass is 10.2. The second-order valence-electron chi connectivity index (χ2n) is 5.61. The predicted molar refractivity (Wildman–Crippen MR) is 102 cm³/mol. The molecule has 0 saturated carbocycles. The van der Waals surface area contributed by atoms with Crippen LogP contribution in [-0.4, -0.2) is 39.3 Å². The van der Waals surface area contributed by atoms with Gasteiger partial charge in [-0.3, -0.25) is 4.90 Å². The van der Waals surface area contributed by atoms with Crippen LogP contribution in [0.3, 0.4) is 0 Å². The molecule has 7 heteroatoms. The Labute approximate surface area is 159 Å². The summed E-state index contributed by atoms with van der Waals surface area (Å²) in [5.41, 5.74) is 1.10. The number of nitrogens with zero attached hydrogens (tertiary/aromatic N) is 1. The van der Waals surface area contributed by atoms with E-state index in [9.17, 15) is 8.42 Å². The SMILES string of the molecule is CCN(CCS(=O)(=O)c1cc(Cl)ccc1Cl)Cc1ccc(OC)cc1. The standard InChI is InChI=1S/C18H21Cl2NO3S/c1-3-21(13-14-4-7-16(24-2)8-5-14)10-11-25(22,23)18-12-15(19)6-9-17(18)20/h4-9,12H,3,10-11,13H2,1-2H3. The highest BCUT2D eigenvalue weighted by Crippen LogP contribution is 2.26. The van der Waals surface area contributed by atoms with Crippen LogP contribution in [0.5, 0.6) is 5.75 Å². The zero-order chi connectivity index (χ0) is 18.4. The fourth-order valence-corrected chi connectivity index (χ4v) is 4.51. The van der Waals surface area contributed by atoms with Gasteiger partial charge >= 0.3 is 0 Å². The van der Waals surface area contributed by atoms with Crippen molar-refractivity contribution in [2.45, 2.75) is 18.4 Å². The first-order valence-corrected chi connectivity index (χ1v) is 10.3. The molecule has 0 aromatic heterocycles. The molecule has 4 nitrogen and oxygen atoms in total. The minimum absolute atomic E-state index is 0.0168. The third-order valence-corrected chi connectivity index (χ3v) is 6.32. The molecular formula is C18H21Cl2NO3S. The Morgan fingerprint density at radius 2 is 1.76 bits per heavy atom. The van der Waals surface area contributed by atoms with Gasteiger partial charge < -0.3 is 4.74 Å². The Morgan fingerprint density at radius 1 is 1.08 bits per heavy atom. The maximum atomic E-state index is 12.6.